The summed E-state index contributed by atoms with van der Waals surface area (Å²) in [6.07, 6.45) is 0. The van der Waals surface area contributed by atoms with Gasteiger partial charge in [0.2, 0.25) is 0 Å². The summed E-state index contributed by atoms with van der Waals surface area (Å²) in [4.78, 5) is 31.2. The van der Waals surface area contributed by atoms with Crippen molar-refractivity contribution in [1.29, 1.82) is 0 Å². The van der Waals surface area contributed by atoms with Gasteiger partial charge in [0.25, 0.3) is 0 Å². The number of carbonyl (C=O) groups excluding carboxylic acids is 2. The quantitative estimate of drug-likeness (QED) is 0.664. The van der Waals surface area contributed by atoms with Crippen LogP contribution in [0, 0.1) is 0 Å². The van der Waals surface area contributed by atoms with Crippen molar-refractivity contribution in [2.24, 2.45) is 0 Å². The molecule has 2 aromatic carbocycles. The highest BCUT2D eigenvalue weighted by Gasteiger charge is 2.32. The van der Waals surface area contributed by atoms with E-state index in [1.165, 1.54) is 7.11 Å². The van der Waals surface area contributed by atoms with Gasteiger partial charge in [-0.15, -0.1) is 0 Å². The lowest BCUT2D eigenvalue weighted by Crippen LogP contribution is -2.59. The summed E-state index contributed by atoms with van der Waals surface area (Å²) in [6, 6.07) is 14.8. The predicted octanol–water partition coefficient (Wildman–Crippen LogP) is 3.27. The van der Waals surface area contributed by atoms with Crippen LogP contribution in [0.5, 0.6) is 0 Å². The summed E-state index contributed by atoms with van der Waals surface area (Å²) in [5, 5.41) is 0.575. The van der Waals surface area contributed by atoms with E-state index in [0.29, 0.717) is 36.3 Å². The number of rotatable bonds is 5. The molecule has 2 aromatic rings. The van der Waals surface area contributed by atoms with E-state index in [4.69, 9.17) is 21.1 Å². The van der Waals surface area contributed by atoms with Crippen molar-refractivity contribution < 1.29 is 19.1 Å². The van der Waals surface area contributed by atoms with Crippen LogP contribution in [0.4, 0.5) is 10.5 Å². The van der Waals surface area contributed by atoms with E-state index in [9.17, 15) is 9.59 Å². The topological polar surface area (TPSA) is 62.3 Å². The zero-order valence-electron chi connectivity index (χ0n) is 17.5. The fraction of sp³-hybridized carbons (Fsp3) is 0.391. The van der Waals surface area contributed by atoms with Crippen molar-refractivity contribution in [1.82, 2.24) is 9.80 Å². The van der Waals surface area contributed by atoms with Gasteiger partial charge in [0.05, 0.1) is 38.5 Å². The average Bonchev–Trinajstić information content (AvgIpc) is 2.76. The lowest BCUT2D eigenvalue weighted by atomic mass is 10.1. The van der Waals surface area contributed by atoms with E-state index < -0.39 is 0 Å². The number of hydrogen-bond donors (Lipinski definition) is 0. The number of urea groups is 1. The molecule has 2 amide bonds. The van der Waals surface area contributed by atoms with Gasteiger partial charge in [-0.25, -0.2) is 9.59 Å². The van der Waals surface area contributed by atoms with Crippen LogP contribution >= 0.6 is 11.6 Å². The molecule has 0 aliphatic carbocycles. The highest BCUT2D eigenvalue weighted by atomic mass is 35.5. The summed E-state index contributed by atoms with van der Waals surface area (Å²) in [5.41, 5.74) is 2.12. The Labute approximate surface area is 187 Å². The van der Waals surface area contributed by atoms with Crippen LogP contribution in [0.1, 0.15) is 15.9 Å². The Morgan fingerprint density at radius 3 is 2.39 bits per heavy atom. The van der Waals surface area contributed by atoms with Crippen molar-refractivity contribution in [3.05, 3.63) is 64.7 Å². The van der Waals surface area contributed by atoms with E-state index in [1.807, 2.05) is 29.2 Å². The monoisotopic (exact) mass is 443 g/mol. The molecule has 0 aromatic heterocycles. The van der Waals surface area contributed by atoms with Crippen molar-refractivity contribution in [3.8, 4) is 0 Å². The number of anilines is 1. The number of piperazine rings is 1. The van der Waals surface area contributed by atoms with Crippen molar-refractivity contribution >= 4 is 29.3 Å². The van der Waals surface area contributed by atoms with Gasteiger partial charge in [0.15, 0.2) is 0 Å². The highest BCUT2D eigenvalue weighted by Crippen LogP contribution is 2.24. The molecular formula is C23H26ClN3O4. The zero-order valence-corrected chi connectivity index (χ0v) is 18.3. The number of halogens is 1. The number of amides is 2. The lowest BCUT2D eigenvalue weighted by Gasteiger charge is -2.43. The number of ether oxygens (including phenoxy) is 2. The minimum Gasteiger partial charge on any atom is -0.465 e. The fourth-order valence-electron chi connectivity index (χ4n) is 3.84. The number of hydrogen-bond acceptors (Lipinski definition) is 5. The predicted molar refractivity (Wildman–Crippen MR) is 119 cm³/mol. The van der Waals surface area contributed by atoms with E-state index in [2.05, 4.69) is 4.90 Å². The summed E-state index contributed by atoms with van der Waals surface area (Å²) >= 11 is 6.21. The van der Waals surface area contributed by atoms with Gasteiger partial charge in [-0.1, -0.05) is 29.8 Å². The molecule has 8 heteroatoms. The lowest BCUT2D eigenvalue weighted by molar-refractivity contribution is -0.0738. The third kappa shape index (κ3) is 5.01. The average molecular weight is 444 g/mol. The molecule has 2 aliphatic heterocycles. The van der Waals surface area contributed by atoms with Crippen molar-refractivity contribution in [2.45, 2.75) is 12.6 Å². The van der Waals surface area contributed by atoms with Crippen LogP contribution in [0.2, 0.25) is 5.02 Å². The van der Waals surface area contributed by atoms with E-state index in [0.717, 1.165) is 37.6 Å². The van der Waals surface area contributed by atoms with Crippen LogP contribution in [-0.2, 0) is 16.0 Å². The molecule has 4 rings (SSSR count). The summed E-state index contributed by atoms with van der Waals surface area (Å²) in [7, 11) is 1.35. The van der Waals surface area contributed by atoms with Gasteiger partial charge in [0.1, 0.15) is 0 Å². The zero-order chi connectivity index (χ0) is 21.8. The van der Waals surface area contributed by atoms with Gasteiger partial charge in [0, 0.05) is 36.9 Å². The number of esters is 1. The molecule has 0 unspecified atom stereocenters. The maximum absolute atomic E-state index is 13.5. The molecule has 2 saturated heterocycles. The first kappa shape index (κ1) is 21.6. The summed E-state index contributed by atoms with van der Waals surface area (Å²) < 4.78 is 10.1. The second-order valence-corrected chi connectivity index (χ2v) is 8.19. The Morgan fingerprint density at radius 2 is 1.81 bits per heavy atom. The maximum Gasteiger partial charge on any atom is 0.337 e. The van der Waals surface area contributed by atoms with Crippen LogP contribution in [0.3, 0.4) is 0 Å². The molecule has 2 fully saturated rings. The molecule has 2 heterocycles. The number of carbonyl (C=O) groups is 2. The van der Waals surface area contributed by atoms with Crippen LogP contribution in [-0.4, -0.2) is 74.3 Å². The minimum absolute atomic E-state index is 0.0520. The van der Waals surface area contributed by atoms with Crippen molar-refractivity contribution in [3.63, 3.8) is 0 Å². The normalized spacial score (nSPS) is 17.2. The molecule has 0 bridgehead atoms. The largest absolute Gasteiger partial charge is 0.465 e. The van der Waals surface area contributed by atoms with Gasteiger partial charge < -0.3 is 14.4 Å². The molecular weight excluding hydrogens is 418 g/mol. The fourth-order valence-corrected chi connectivity index (χ4v) is 4.03. The molecule has 0 atom stereocenters. The Kier molecular flexibility index (Phi) is 6.75. The standard InChI is InChI=1S/C23H26ClN3O4/c1-30-22(28)18-7-5-17(6-8-18)14-27(20-4-2-3-19(24)13-20)23(29)26-11-9-25(10-12-26)21-15-31-16-21/h2-8,13,21H,9-12,14-16H2,1H3. The van der Waals surface area contributed by atoms with Gasteiger partial charge in [-0.3, -0.25) is 9.80 Å². The Balaban J connectivity index is 1.50. The first-order chi connectivity index (χ1) is 15.0. The van der Waals surface area contributed by atoms with Gasteiger partial charge in [-0.05, 0) is 35.9 Å². The minimum atomic E-state index is -0.385. The number of nitrogens with zero attached hydrogens (tertiary/aromatic N) is 3. The van der Waals surface area contributed by atoms with E-state index >= 15 is 0 Å². The van der Waals surface area contributed by atoms with Crippen LogP contribution in [0.15, 0.2) is 48.5 Å². The molecule has 0 radical (unpaired) electrons. The third-order valence-electron chi connectivity index (χ3n) is 5.79. The smallest absolute Gasteiger partial charge is 0.337 e. The maximum atomic E-state index is 13.5. The first-order valence-electron chi connectivity index (χ1n) is 10.4. The molecule has 164 valence electrons. The Bertz CT molecular complexity index is 925. The van der Waals surface area contributed by atoms with E-state index in [1.54, 1.807) is 29.2 Å². The number of methoxy groups -OCH3 is 1. The second-order valence-electron chi connectivity index (χ2n) is 7.75. The SMILES string of the molecule is COC(=O)c1ccc(CN(C(=O)N2CCN(C3COC3)CC2)c2cccc(Cl)c2)cc1. The van der Waals surface area contributed by atoms with Crippen molar-refractivity contribution in [2.75, 3.05) is 51.4 Å². The molecule has 0 saturated carbocycles. The van der Waals surface area contributed by atoms with Crippen LogP contribution in [0.25, 0.3) is 0 Å². The summed E-state index contributed by atoms with van der Waals surface area (Å²) in [6.45, 7) is 4.97. The molecule has 2 aliphatic rings. The third-order valence-corrected chi connectivity index (χ3v) is 6.02. The second kappa shape index (κ2) is 9.68. The van der Waals surface area contributed by atoms with E-state index in [-0.39, 0.29) is 12.0 Å². The Morgan fingerprint density at radius 1 is 1.10 bits per heavy atom. The molecule has 0 N–H and O–H groups in total. The van der Waals surface area contributed by atoms with Gasteiger partial charge in [-0.2, -0.15) is 0 Å². The molecule has 7 nitrogen and oxygen atoms in total. The molecule has 31 heavy (non-hydrogen) atoms. The first-order valence-corrected chi connectivity index (χ1v) is 10.7. The summed E-state index contributed by atoms with van der Waals surface area (Å²) in [5.74, 6) is -0.385. The highest BCUT2D eigenvalue weighted by molar-refractivity contribution is 6.30. The number of benzene rings is 2. The Hall–Kier alpha value is -2.61. The molecule has 0 spiro atoms. The van der Waals surface area contributed by atoms with Crippen LogP contribution < -0.4 is 4.90 Å². The van der Waals surface area contributed by atoms with Gasteiger partial charge >= 0.3 is 12.0 Å².